The number of thioether (sulfide) groups is 1. The lowest BCUT2D eigenvalue weighted by Gasteiger charge is -2.14. The number of nitrogens with one attached hydrogen (secondary N) is 1. The molecule has 0 fully saturated rings. The topological polar surface area (TPSA) is 55.9 Å². The van der Waals surface area contributed by atoms with Gasteiger partial charge in [0, 0.05) is 31.0 Å². The first-order valence-corrected chi connectivity index (χ1v) is 6.36. The third-order valence-electron chi connectivity index (χ3n) is 2.31. The largest absolute Gasteiger partial charge is 0.272 e. The number of rotatable bonds is 6. The molecular formula is C10H20N4S. The van der Waals surface area contributed by atoms with Crippen LogP contribution < -0.4 is 11.3 Å². The Labute approximate surface area is 95.6 Å². The van der Waals surface area contributed by atoms with Crippen molar-refractivity contribution >= 4 is 11.8 Å². The highest BCUT2D eigenvalue weighted by atomic mass is 32.2. The van der Waals surface area contributed by atoms with Gasteiger partial charge in [0.05, 0.1) is 5.69 Å². The summed E-state index contributed by atoms with van der Waals surface area (Å²) in [4.78, 5) is 0. The molecule has 4 nitrogen and oxygen atoms in total. The van der Waals surface area contributed by atoms with Crippen molar-refractivity contribution in [1.29, 1.82) is 0 Å². The normalized spacial score (nSPS) is 13.1. The minimum Gasteiger partial charge on any atom is -0.272 e. The fourth-order valence-corrected chi connectivity index (χ4v) is 2.27. The van der Waals surface area contributed by atoms with E-state index in [1.807, 2.05) is 30.4 Å². The summed E-state index contributed by atoms with van der Waals surface area (Å²) in [5.41, 5.74) is 5.15. The number of nitrogens with zero attached hydrogens (tertiary/aromatic N) is 2. The minimum absolute atomic E-state index is 0.324. The summed E-state index contributed by atoms with van der Waals surface area (Å²) < 4.78 is 1.93. The molecule has 1 heterocycles. The van der Waals surface area contributed by atoms with E-state index in [0.29, 0.717) is 6.04 Å². The van der Waals surface area contributed by atoms with E-state index >= 15 is 0 Å². The van der Waals surface area contributed by atoms with E-state index in [4.69, 9.17) is 5.84 Å². The third-order valence-corrected chi connectivity index (χ3v) is 3.36. The quantitative estimate of drug-likeness (QED) is 0.560. The Morgan fingerprint density at radius 1 is 1.67 bits per heavy atom. The fourth-order valence-electron chi connectivity index (χ4n) is 1.53. The molecule has 0 aliphatic rings. The molecule has 0 amide bonds. The number of hydrogen-bond acceptors (Lipinski definition) is 4. The Morgan fingerprint density at radius 2 is 2.40 bits per heavy atom. The van der Waals surface area contributed by atoms with Crippen LogP contribution in [0.15, 0.2) is 6.07 Å². The maximum absolute atomic E-state index is 5.53. The zero-order valence-corrected chi connectivity index (χ0v) is 10.5. The second kappa shape index (κ2) is 6.15. The van der Waals surface area contributed by atoms with Gasteiger partial charge in [-0.05, 0) is 18.7 Å². The van der Waals surface area contributed by atoms with Crippen molar-refractivity contribution in [3.05, 3.63) is 17.5 Å². The lowest BCUT2D eigenvalue weighted by Crippen LogP contribution is -2.39. The van der Waals surface area contributed by atoms with Gasteiger partial charge in [-0.1, -0.05) is 6.92 Å². The van der Waals surface area contributed by atoms with Gasteiger partial charge in [-0.25, -0.2) is 0 Å². The molecular weight excluding hydrogens is 208 g/mol. The molecule has 1 unspecified atom stereocenters. The van der Waals surface area contributed by atoms with E-state index in [0.717, 1.165) is 23.6 Å². The van der Waals surface area contributed by atoms with Gasteiger partial charge in [-0.2, -0.15) is 16.9 Å². The number of hydrazine groups is 1. The molecule has 0 radical (unpaired) electrons. The second-order valence-corrected chi connectivity index (χ2v) is 4.95. The molecule has 1 atom stereocenters. The Hall–Kier alpha value is -0.520. The van der Waals surface area contributed by atoms with Crippen molar-refractivity contribution < 1.29 is 0 Å². The molecule has 0 saturated heterocycles. The molecule has 86 valence electrons. The van der Waals surface area contributed by atoms with Gasteiger partial charge >= 0.3 is 0 Å². The average Bonchev–Trinajstić information content (AvgIpc) is 2.52. The predicted octanol–water partition coefficient (Wildman–Crippen LogP) is 0.856. The number of aryl methyl sites for hydroxylation is 2. The molecule has 1 aromatic rings. The summed E-state index contributed by atoms with van der Waals surface area (Å²) in [6.45, 7) is 4.17. The first-order chi connectivity index (χ1) is 7.17. The van der Waals surface area contributed by atoms with Crippen molar-refractivity contribution in [3.63, 3.8) is 0 Å². The molecule has 15 heavy (non-hydrogen) atoms. The molecule has 0 aromatic carbocycles. The molecule has 1 aromatic heterocycles. The van der Waals surface area contributed by atoms with Crippen LogP contribution in [-0.2, 0) is 13.5 Å². The number of nitrogens with two attached hydrogens (primary N) is 1. The Balaban J connectivity index is 2.54. The molecule has 1 rings (SSSR count). The fraction of sp³-hybridized carbons (Fsp3) is 0.700. The van der Waals surface area contributed by atoms with Crippen molar-refractivity contribution in [3.8, 4) is 0 Å². The SMILES string of the molecule is CCSCC(Cc1cc(C)nn1C)NN. The lowest BCUT2D eigenvalue weighted by atomic mass is 10.2. The van der Waals surface area contributed by atoms with E-state index in [2.05, 4.69) is 23.5 Å². The highest BCUT2D eigenvalue weighted by Gasteiger charge is 2.10. The average molecular weight is 228 g/mol. The summed E-state index contributed by atoms with van der Waals surface area (Å²) >= 11 is 1.90. The van der Waals surface area contributed by atoms with E-state index in [1.54, 1.807) is 0 Å². The van der Waals surface area contributed by atoms with Gasteiger partial charge < -0.3 is 0 Å². The van der Waals surface area contributed by atoms with Crippen LogP contribution in [0.3, 0.4) is 0 Å². The van der Waals surface area contributed by atoms with Crippen LogP contribution in [-0.4, -0.2) is 27.3 Å². The molecule has 0 aliphatic heterocycles. The first kappa shape index (κ1) is 12.5. The smallest absolute Gasteiger partial charge is 0.0596 e. The highest BCUT2D eigenvalue weighted by Crippen LogP contribution is 2.09. The summed E-state index contributed by atoms with van der Waals surface area (Å²) in [6, 6.07) is 2.44. The van der Waals surface area contributed by atoms with Gasteiger partial charge in [-0.15, -0.1) is 0 Å². The van der Waals surface area contributed by atoms with Gasteiger partial charge in [0.2, 0.25) is 0 Å². The Morgan fingerprint density at radius 3 is 2.87 bits per heavy atom. The maximum Gasteiger partial charge on any atom is 0.0596 e. The van der Waals surface area contributed by atoms with Gasteiger partial charge in [0.1, 0.15) is 0 Å². The number of aromatic nitrogens is 2. The zero-order chi connectivity index (χ0) is 11.3. The first-order valence-electron chi connectivity index (χ1n) is 5.20. The summed E-state index contributed by atoms with van der Waals surface area (Å²) in [5, 5.41) is 4.32. The van der Waals surface area contributed by atoms with Crippen LogP contribution in [0.2, 0.25) is 0 Å². The van der Waals surface area contributed by atoms with Crippen LogP contribution in [0.1, 0.15) is 18.3 Å². The molecule has 0 spiro atoms. The molecule has 0 bridgehead atoms. The van der Waals surface area contributed by atoms with Gasteiger partial charge in [0.15, 0.2) is 0 Å². The van der Waals surface area contributed by atoms with Crippen LogP contribution in [0, 0.1) is 6.92 Å². The van der Waals surface area contributed by atoms with Crippen LogP contribution in [0.5, 0.6) is 0 Å². The minimum atomic E-state index is 0.324. The summed E-state index contributed by atoms with van der Waals surface area (Å²) in [6.07, 6.45) is 0.931. The standard InChI is InChI=1S/C10H20N4S/c1-4-15-7-9(12-11)6-10-5-8(2)13-14(10)3/h5,9,12H,4,6-7,11H2,1-3H3. The van der Waals surface area contributed by atoms with Gasteiger partial charge in [-0.3, -0.25) is 16.0 Å². The Kier molecular flexibility index (Phi) is 5.14. The van der Waals surface area contributed by atoms with Crippen LogP contribution in [0.4, 0.5) is 0 Å². The molecule has 0 aliphatic carbocycles. The zero-order valence-electron chi connectivity index (χ0n) is 9.66. The van der Waals surface area contributed by atoms with E-state index in [1.165, 1.54) is 5.69 Å². The van der Waals surface area contributed by atoms with Gasteiger partial charge in [0.25, 0.3) is 0 Å². The highest BCUT2D eigenvalue weighted by molar-refractivity contribution is 7.99. The predicted molar refractivity (Wildman–Crippen MR) is 65.8 cm³/mol. The maximum atomic E-state index is 5.53. The van der Waals surface area contributed by atoms with Crippen LogP contribution in [0.25, 0.3) is 0 Å². The van der Waals surface area contributed by atoms with Crippen molar-refractivity contribution in [2.75, 3.05) is 11.5 Å². The summed E-state index contributed by atoms with van der Waals surface area (Å²) in [5.74, 6) is 7.69. The van der Waals surface area contributed by atoms with Crippen LogP contribution >= 0.6 is 11.8 Å². The monoisotopic (exact) mass is 228 g/mol. The van der Waals surface area contributed by atoms with E-state index in [9.17, 15) is 0 Å². The van der Waals surface area contributed by atoms with E-state index < -0.39 is 0 Å². The van der Waals surface area contributed by atoms with Crippen molar-refractivity contribution in [2.45, 2.75) is 26.3 Å². The van der Waals surface area contributed by atoms with E-state index in [-0.39, 0.29) is 0 Å². The lowest BCUT2D eigenvalue weighted by molar-refractivity contribution is 0.551. The second-order valence-electron chi connectivity index (χ2n) is 3.63. The molecule has 0 saturated carbocycles. The molecule has 5 heteroatoms. The third kappa shape index (κ3) is 3.85. The van der Waals surface area contributed by atoms with Crippen molar-refractivity contribution in [1.82, 2.24) is 15.2 Å². The molecule has 3 N–H and O–H groups in total. The van der Waals surface area contributed by atoms with Crippen molar-refractivity contribution in [2.24, 2.45) is 12.9 Å². The Bertz CT molecular complexity index is 298. The number of hydrogen-bond donors (Lipinski definition) is 2. The summed E-state index contributed by atoms with van der Waals surface area (Å²) in [7, 11) is 1.98.